The lowest BCUT2D eigenvalue weighted by atomic mass is 10.0. The molecule has 1 aromatic carbocycles. The van der Waals surface area contributed by atoms with Crippen molar-refractivity contribution >= 4 is 17.7 Å². The third-order valence-corrected chi connectivity index (χ3v) is 4.75. The van der Waals surface area contributed by atoms with E-state index in [1.54, 1.807) is 4.90 Å². The zero-order chi connectivity index (χ0) is 15.4. The van der Waals surface area contributed by atoms with Gasteiger partial charge in [-0.3, -0.25) is 19.7 Å². The van der Waals surface area contributed by atoms with Crippen LogP contribution >= 0.6 is 0 Å². The first-order chi connectivity index (χ1) is 10.5. The smallest absolute Gasteiger partial charge is 0.255 e. The van der Waals surface area contributed by atoms with Gasteiger partial charge in [0.15, 0.2) is 0 Å². The Morgan fingerprint density at radius 2 is 1.82 bits per heavy atom. The van der Waals surface area contributed by atoms with Crippen molar-refractivity contribution in [1.29, 1.82) is 0 Å². The lowest BCUT2D eigenvalue weighted by Gasteiger charge is -2.29. The van der Waals surface area contributed by atoms with Crippen LogP contribution in [0.3, 0.4) is 0 Å². The van der Waals surface area contributed by atoms with Crippen LogP contribution in [0.4, 0.5) is 0 Å². The quantitative estimate of drug-likeness (QED) is 0.710. The predicted molar refractivity (Wildman–Crippen MR) is 75.9 cm³/mol. The average molecular weight is 300 g/mol. The number of amides is 3. The van der Waals surface area contributed by atoms with Crippen LogP contribution in [0.5, 0.6) is 0 Å². The highest BCUT2D eigenvalue weighted by molar-refractivity contribution is 6.05. The Hall–Kier alpha value is -2.21. The van der Waals surface area contributed by atoms with Crippen molar-refractivity contribution in [2.75, 3.05) is 0 Å². The van der Waals surface area contributed by atoms with Crippen molar-refractivity contribution in [3.05, 3.63) is 34.4 Å². The Morgan fingerprint density at radius 1 is 1.09 bits per heavy atom. The van der Waals surface area contributed by atoms with Crippen molar-refractivity contribution in [3.63, 3.8) is 0 Å². The molecule has 0 aromatic heterocycles. The molecule has 1 fully saturated rings. The van der Waals surface area contributed by atoms with Gasteiger partial charge in [0.05, 0.1) is 6.10 Å². The largest absolute Gasteiger partial charge is 0.392 e. The second-order valence-electron chi connectivity index (χ2n) is 6.24. The number of nitrogens with one attached hydrogen (secondary N) is 1. The van der Waals surface area contributed by atoms with E-state index < -0.39 is 6.04 Å². The molecule has 0 saturated carbocycles. The number of fused-ring (bicyclic) bond motifs is 2. The number of nitrogens with zero attached hydrogens (tertiary/aromatic N) is 1. The van der Waals surface area contributed by atoms with Gasteiger partial charge in [0.1, 0.15) is 6.04 Å². The standard InChI is InChI=1S/C16H16N2O4/c19-11-4-8-3-10-7-18(13-1-2-14(20)17-15(13)21)16(22)12(10)6-9(8)5-11/h3,6,11,13,19H,1-2,4-5,7H2,(H,17,20,21)/t11?,13-/m1/s1. The molecule has 2 atom stereocenters. The molecule has 1 saturated heterocycles. The Labute approximate surface area is 127 Å². The first-order valence-corrected chi connectivity index (χ1v) is 7.50. The number of carbonyl (C=O) groups is 3. The van der Waals surface area contributed by atoms with Crippen LogP contribution in [0, 0.1) is 0 Å². The molecule has 6 heteroatoms. The first kappa shape index (κ1) is 13.5. The van der Waals surface area contributed by atoms with Crippen molar-refractivity contribution < 1.29 is 19.5 Å². The van der Waals surface area contributed by atoms with Crippen molar-refractivity contribution in [2.24, 2.45) is 0 Å². The maximum Gasteiger partial charge on any atom is 0.255 e. The second kappa shape index (κ2) is 4.64. The normalized spacial score (nSPS) is 27.0. The molecule has 1 aromatic rings. The Bertz CT molecular complexity index is 712. The van der Waals surface area contributed by atoms with Crippen LogP contribution < -0.4 is 5.32 Å². The molecule has 3 aliphatic rings. The summed E-state index contributed by atoms with van der Waals surface area (Å²) in [6.45, 7) is 0.393. The van der Waals surface area contributed by atoms with Crippen molar-refractivity contribution in [2.45, 2.75) is 44.4 Å². The minimum Gasteiger partial charge on any atom is -0.392 e. The van der Waals surface area contributed by atoms with Crippen molar-refractivity contribution in [3.8, 4) is 0 Å². The van der Waals surface area contributed by atoms with Gasteiger partial charge < -0.3 is 10.0 Å². The van der Waals surface area contributed by atoms with E-state index >= 15 is 0 Å². The van der Waals surface area contributed by atoms with E-state index in [1.807, 2.05) is 12.1 Å². The first-order valence-electron chi connectivity index (χ1n) is 7.50. The fourth-order valence-corrected chi connectivity index (χ4v) is 3.67. The topological polar surface area (TPSA) is 86.7 Å². The summed E-state index contributed by atoms with van der Waals surface area (Å²) in [6, 6.07) is 3.26. The minimum absolute atomic E-state index is 0.159. The average Bonchev–Trinajstić information content (AvgIpc) is 2.96. The second-order valence-corrected chi connectivity index (χ2v) is 6.24. The molecular weight excluding hydrogens is 284 g/mol. The summed E-state index contributed by atoms with van der Waals surface area (Å²) < 4.78 is 0. The van der Waals surface area contributed by atoms with E-state index in [2.05, 4.69) is 5.32 Å². The molecule has 1 aliphatic carbocycles. The molecule has 6 nitrogen and oxygen atoms in total. The SMILES string of the molecule is O=C1CC[C@@H](N2Cc3cc4c(cc3C2=O)CC(O)C4)C(=O)N1. The highest BCUT2D eigenvalue weighted by Crippen LogP contribution is 2.33. The molecule has 0 bridgehead atoms. The van der Waals surface area contributed by atoms with Gasteiger partial charge in [-0.1, -0.05) is 6.07 Å². The fraction of sp³-hybridized carbons (Fsp3) is 0.438. The van der Waals surface area contributed by atoms with Gasteiger partial charge in [-0.15, -0.1) is 0 Å². The van der Waals surface area contributed by atoms with Crippen LogP contribution in [0.2, 0.25) is 0 Å². The molecule has 114 valence electrons. The number of benzene rings is 1. The number of hydrogen-bond acceptors (Lipinski definition) is 4. The molecule has 2 heterocycles. The van der Waals surface area contributed by atoms with E-state index in [9.17, 15) is 19.5 Å². The monoisotopic (exact) mass is 300 g/mol. The number of aliphatic hydroxyl groups is 1. The number of aliphatic hydroxyl groups excluding tert-OH is 1. The molecular formula is C16H16N2O4. The summed E-state index contributed by atoms with van der Waals surface area (Å²) in [7, 11) is 0. The fourth-order valence-electron chi connectivity index (χ4n) is 3.67. The summed E-state index contributed by atoms with van der Waals surface area (Å²) in [5, 5.41) is 12.0. The highest BCUT2D eigenvalue weighted by Gasteiger charge is 2.39. The number of imide groups is 1. The maximum absolute atomic E-state index is 12.6. The van der Waals surface area contributed by atoms with E-state index in [-0.39, 0.29) is 30.2 Å². The van der Waals surface area contributed by atoms with E-state index in [0.717, 1.165) is 16.7 Å². The molecule has 22 heavy (non-hydrogen) atoms. The molecule has 4 rings (SSSR count). The molecule has 2 aliphatic heterocycles. The third-order valence-electron chi connectivity index (χ3n) is 4.75. The molecule has 2 N–H and O–H groups in total. The van der Waals surface area contributed by atoms with E-state index in [4.69, 9.17) is 0 Å². The number of rotatable bonds is 1. The van der Waals surface area contributed by atoms with Gasteiger partial charge in [-0.05, 0) is 42.0 Å². The number of hydrogen-bond donors (Lipinski definition) is 2. The van der Waals surface area contributed by atoms with Gasteiger partial charge in [-0.2, -0.15) is 0 Å². The van der Waals surface area contributed by atoms with E-state index in [1.165, 1.54) is 0 Å². The van der Waals surface area contributed by atoms with Crippen LogP contribution in [0.15, 0.2) is 12.1 Å². The maximum atomic E-state index is 12.6. The Balaban J connectivity index is 1.63. The Morgan fingerprint density at radius 3 is 2.55 bits per heavy atom. The van der Waals surface area contributed by atoms with Crippen LogP contribution in [-0.2, 0) is 29.0 Å². The van der Waals surface area contributed by atoms with Crippen molar-refractivity contribution in [1.82, 2.24) is 10.2 Å². The molecule has 0 radical (unpaired) electrons. The lowest BCUT2D eigenvalue weighted by Crippen LogP contribution is -2.52. The van der Waals surface area contributed by atoms with Crippen LogP contribution in [0.25, 0.3) is 0 Å². The summed E-state index contributed by atoms with van der Waals surface area (Å²) in [5.74, 6) is -0.826. The summed E-state index contributed by atoms with van der Waals surface area (Å²) in [6.07, 6.45) is 1.48. The molecule has 0 spiro atoms. The Kier molecular flexibility index (Phi) is 2.84. The van der Waals surface area contributed by atoms with Gasteiger partial charge >= 0.3 is 0 Å². The number of carbonyl (C=O) groups excluding carboxylic acids is 3. The van der Waals surface area contributed by atoms with Gasteiger partial charge in [0.2, 0.25) is 11.8 Å². The summed E-state index contributed by atoms with van der Waals surface area (Å²) in [4.78, 5) is 37.4. The van der Waals surface area contributed by atoms with Crippen LogP contribution in [0.1, 0.15) is 39.9 Å². The predicted octanol–water partition coefficient (Wildman–Crippen LogP) is -0.0929. The summed E-state index contributed by atoms with van der Waals surface area (Å²) >= 11 is 0. The highest BCUT2D eigenvalue weighted by atomic mass is 16.3. The lowest BCUT2D eigenvalue weighted by molar-refractivity contribution is -0.136. The zero-order valence-electron chi connectivity index (χ0n) is 12.0. The van der Waals surface area contributed by atoms with Gasteiger partial charge in [0, 0.05) is 18.5 Å². The third kappa shape index (κ3) is 1.94. The van der Waals surface area contributed by atoms with Gasteiger partial charge in [-0.25, -0.2) is 0 Å². The number of piperidine rings is 1. The van der Waals surface area contributed by atoms with Crippen LogP contribution in [-0.4, -0.2) is 39.9 Å². The van der Waals surface area contributed by atoms with Gasteiger partial charge in [0.25, 0.3) is 5.91 Å². The van der Waals surface area contributed by atoms with E-state index in [0.29, 0.717) is 31.4 Å². The minimum atomic E-state index is -0.571. The molecule has 1 unspecified atom stereocenters. The zero-order valence-corrected chi connectivity index (χ0v) is 12.0. The summed E-state index contributed by atoms with van der Waals surface area (Å²) in [5.41, 5.74) is 3.63. The molecule has 3 amide bonds.